The predicted molar refractivity (Wildman–Crippen MR) is 81.3 cm³/mol. The molecule has 2 amide bonds. The second kappa shape index (κ2) is 7.50. The van der Waals surface area contributed by atoms with Crippen LogP contribution in [0.2, 0.25) is 5.02 Å². The lowest BCUT2D eigenvalue weighted by atomic mass is 9.95. The average Bonchev–Trinajstić information content (AvgIpc) is 2.42. The van der Waals surface area contributed by atoms with Crippen LogP contribution in [0.1, 0.15) is 24.2 Å². The van der Waals surface area contributed by atoms with E-state index in [9.17, 15) is 9.59 Å². The standard InChI is InChI=1S/C14H18Cl2N2O2/c1-14(2,9-15)13(20)18-7-6-17-12(19)10-4-3-5-11(16)8-10/h3-5,8H,6-7,9H2,1-2H3,(H,17,19)(H,18,20). The van der Waals surface area contributed by atoms with E-state index in [2.05, 4.69) is 10.6 Å². The van der Waals surface area contributed by atoms with Crippen LogP contribution in [0, 0.1) is 5.41 Å². The highest BCUT2D eigenvalue weighted by molar-refractivity contribution is 6.30. The third-order valence-electron chi connectivity index (χ3n) is 2.73. The molecule has 0 spiro atoms. The lowest BCUT2D eigenvalue weighted by molar-refractivity contribution is -0.128. The van der Waals surface area contributed by atoms with Crippen molar-refractivity contribution in [3.8, 4) is 0 Å². The van der Waals surface area contributed by atoms with Crippen molar-refractivity contribution in [3.63, 3.8) is 0 Å². The van der Waals surface area contributed by atoms with E-state index < -0.39 is 5.41 Å². The molecule has 0 fully saturated rings. The van der Waals surface area contributed by atoms with Crippen LogP contribution < -0.4 is 10.6 Å². The van der Waals surface area contributed by atoms with Gasteiger partial charge in [0.2, 0.25) is 5.91 Å². The molecular formula is C14H18Cl2N2O2. The van der Waals surface area contributed by atoms with Gasteiger partial charge in [0.15, 0.2) is 0 Å². The van der Waals surface area contributed by atoms with Crippen molar-refractivity contribution in [2.45, 2.75) is 13.8 Å². The minimum Gasteiger partial charge on any atom is -0.354 e. The Balaban J connectivity index is 2.35. The molecule has 0 heterocycles. The Morgan fingerprint density at radius 2 is 1.85 bits per heavy atom. The van der Waals surface area contributed by atoms with E-state index >= 15 is 0 Å². The number of benzene rings is 1. The van der Waals surface area contributed by atoms with Crippen LogP contribution in [0.3, 0.4) is 0 Å². The van der Waals surface area contributed by atoms with Crippen LogP contribution in [0.5, 0.6) is 0 Å². The normalized spacial score (nSPS) is 11.0. The predicted octanol–water partition coefficient (Wildman–Crippen LogP) is 2.45. The van der Waals surface area contributed by atoms with Gasteiger partial charge in [0, 0.05) is 29.6 Å². The summed E-state index contributed by atoms with van der Waals surface area (Å²) < 4.78 is 0. The summed E-state index contributed by atoms with van der Waals surface area (Å²) >= 11 is 11.5. The zero-order chi connectivity index (χ0) is 15.2. The van der Waals surface area contributed by atoms with Crippen LogP contribution in [0.15, 0.2) is 24.3 Å². The summed E-state index contributed by atoms with van der Waals surface area (Å²) in [4.78, 5) is 23.5. The highest BCUT2D eigenvalue weighted by Crippen LogP contribution is 2.16. The first-order valence-corrected chi connectivity index (χ1v) is 7.16. The number of carbonyl (C=O) groups excluding carboxylic acids is 2. The van der Waals surface area contributed by atoms with Crippen molar-refractivity contribution in [2.75, 3.05) is 19.0 Å². The van der Waals surface area contributed by atoms with Crippen molar-refractivity contribution in [2.24, 2.45) is 5.41 Å². The van der Waals surface area contributed by atoms with Gasteiger partial charge in [0.1, 0.15) is 0 Å². The molecule has 2 N–H and O–H groups in total. The van der Waals surface area contributed by atoms with E-state index in [-0.39, 0.29) is 17.7 Å². The molecule has 0 saturated carbocycles. The highest BCUT2D eigenvalue weighted by atomic mass is 35.5. The van der Waals surface area contributed by atoms with Gasteiger partial charge in [-0.15, -0.1) is 11.6 Å². The van der Waals surface area contributed by atoms with E-state index in [0.717, 1.165) is 0 Å². The van der Waals surface area contributed by atoms with Crippen LogP contribution in [0.4, 0.5) is 0 Å². The number of alkyl halides is 1. The van der Waals surface area contributed by atoms with Crippen molar-refractivity contribution in [1.29, 1.82) is 0 Å². The Bertz CT molecular complexity index is 490. The maximum absolute atomic E-state index is 11.8. The molecule has 0 bridgehead atoms. The summed E-state index contributed by atoms with van der Waals surface area (Å²) in [6, 6.07) is 6.68. The summed E-state index contributed by atoms with van der Waals surface area (Å²) in [5.41, 5.74) is -0.122. The van der Waals surface area contributed by atoms with Crippen LogP contribution >= 0.6 is 23.2 Å². The summed E-state index contributed by atoms with van der Waals surface area (Å²) in [6.45, 7) is 4.22. The number of hydrogen-bond acceptors (Lipinski definition) is 2. The third kappa shape index (κ3) is 5.02. The van der Waals surface area contributed by atoms with Gasteiger partial charge >= 0.3 is 0 Å². The Hall–Kier alpha value is -1.26. The second-order valence-corrected chi connectivity index (χ2v) is 5.74. The lowest BCUT2D eigenvalue weighted by Gasteiger charge is -2.20. The van der Waals surface area contributed by atoms with Gasteiger partial charge in [-0.2, -0.15) is 0 Å². The maximum atomic E-state index is 11.8. The Morgan fingerprint density at radius 3 is 2.45 bits per heavy atom. The summed E-state index contributed by atoms with van der Waals surface area (Å²) in [5, 5.41) is 5.94. The number of rotatable bonds is 6. The van der Waals surface area contributed by atoms with Crippen LogP contribution in [-0.4, -0.2) is 30.8 Å². The van der Waals surface area contributed by atoms with Gasteiger partial charge in [0.25, 0.3) is 5.91 Å². The van der Waals surface area contributed by atoms with Gasteiger partial charge in [-0.25, -0.2) is 0 Å². The molecule has 110 valence electrons. The fraction of sp³-hybridized carbons (Fsp3) is 0.429. The zero-order valence-corrected chi connectivity index (χ0v) is 13.0. The summed E-state index contributed by atoms with van der Waals surface area (Å²) in [5.74, 6) is -0.115. The molecule has 6 heteroatoms. The van der Waals surface area contributed by atoms with Crippen molar-refractivity contribution in [1.82, 2.24) is 10.6 Å². The number of nitrogens with one attached hydrogen (secondary N) is 2. The molecule has 1 rings (SSSR count). The zero-order valence-electron chi connectivity index (χ0n) is 11.5. The first-order chi connectivity index (χ1) is 9.36. The molecule has 20 heavy (non-hydrogen) atoms. The van der Waals surface area contributed by atoms with Crippen molar-refractivity contribution < 1.29 is 9.59 Å². The van der Waals surface area contributed by atoms with Gasteiger partial charge in [0.05, 0.1) is 5.41 Å². The fourth-order valence-corrected chi connectivity index (χ4v) is 1.70. The number of amides is 2. The average molecular weight is 317 g/mol. The molecule has 0 aromatic heterocycles. The molecule has 0 saturated heterocycles. The molecule has 0 aliphatic rings. The van der Waals surface area contributed by atoms with Gasteiger partial charge in [-0.1, -0.05) is 17.7 Å². The van der Waals surface area contributed by atoms with Gasteiger partial charge < -0.3 is 10.6 Å². The topological polar surface area (TPSA) is 58.2 Å². The smallest absolute Gasteiger partial charge is 0.251 e. The molecule has 0 unspecified atom stereocenters. The molecule has 0 aliphatic carbocycles. The summed E-state index contributed by atoms with van der Waals surface area (Å²) in [6.07, 6.45) is 0. The van der Waals surface area contributed by atoms with E-state index in [1.807, 2.05) is 0 Å². The third-order valence-corrected chi connectivity index (χ3v) is 3.63. The van der Waals surface area contributed by atoms with Crippen LogP contribution in [-0.2, 0) is 4.79 Å². The van der Waals surface area contributed by atoms with Crippen molar-refractivity contribution >= 4 is 35.0 Å². The first kappa shape index (κ1) is 16.8. The molecule has 0 radical (unpaired) electrons. The maximum Gasteiger partial charge on any atom is 0.251 e. The number of carbonyl (C=O) groups is 2. The monoisotopic (exact) mass is 316 g/mol. The molecule has 1 aromatic rings. The van der Waals surface area contributed by atoms with Gasteiger partial charge in [-0.05, 0) is 32.0 Å². The Morgan fingerprint density at radius 1 is 1.20 bits per heavy atom. The largest absolute Gasteiger partial charge is 0.354 e. The number of halogens is 2. The van der Waals surface area contributed by atoms with E-state index in [4.69, 9.17) is 23.2 Å². The highest BCUT2D eigenvalue weighted by Gasteiger charge is 2.25. The quantitative estimate of drug-likeness (QED) is 0.625. The van der Waals surface area contributed by atoms with E-state index in [1.54, 1.807) is 38.1 Å². The first-order valence-electron chi connectivity index (χ1n) is 6.25. The Kier molecular flexibility index (Phi) is 6.30. The van der Waals surface area contributed by atoms with Gasteiger partial charge in [-0.3, -0.25) is 9.59 Å². The molecule has 4 nitrogen and oxygen atoms in total. The molecular weight excluding hydrogens is 299 g/mol. The van der Waals surface area contributed by atoms with Crippen LogP contribution in [0.25, 0.3) is 0 Å². The Labute approximate surface area is 128 Å². The molecule has 0 aliphatic heterocycles. The minimum absolute atomic E-state index is 0.135. The fourth-order valence-electron chi connectivity index (χ4n) is 1.38. The number of hydrogen-bond donors (Lipinski definition) is 2. The lowest BCUT2D eigenvalue weighted by Crippen LogP contribution is -2.41. The van der Waals surface area contributed by atoms with E-state index in [0.29, 0.717) is 23.7 Å². The SMILES string of the molecule is CC(C)(CCl)C(=O)NCCNC(=O)c1cccc(Cl)c1. The minimum atomic E-state index is -0.613. The summed E-state index contributed by atoms with van der Waals surface area (Å²) in [7, 11) is 0. The van der Waals surface area contributed by atoms with Crippen molar-refractivity contribution in [3.05, 3.63) is 34.9 Å². The second-order valence-electron chi connectivity index (χ2n) is 5.04. The van der Waals surface area contributed by atoms with E-state index in [1.165, 1.54) is 0 Å². The molecule has 0 atom stereocenters. The molecule has 1 aromatic carbocycles.